The fourth-order valence-electron chi connectivity index (χ4n) is 1.99. The van der Waals surface area contributed by atoms with Gasteiger partial charge in [-0.25, -0.2) is 4.79 Å². The van der Waals surface area contributed by atoms with Crippen LogP contribution in [-0.2, 0) is 4.74 Å². The number of hydrogen-bond donors (Lipinski definition) is 1. The number of nitrogens with one attached hydrogen (secondary N) is 1. The predicted molar refractivity (Wildman–Crippen MR) is 94.7 cm³/mol. The lowest BCUT2D eigenvalue weighted by Crippen LogP contribution is -2.50. The molecule has 1 aromatic carbocycles. The number of benzene rings is 1. The zero-order chi connectivity index (χ0) is 17.6. The predicted octanol–water partition coefficient (Wildman–Crippen LogP) is 3.78. The number of alkyl carbamates (subject to hydrolysis) is 1. The molecular weight excluding hydrogens is 360 g/mol. The van der Waals surface area contributed by atoms with Crippen molar-refractivity contribution in [2.75, 3.05) is 7.05 Å². The number of hydrogen-bond acceptors (Lipinski definition) is 3. The number of ether oxygens (including phenoxy) is 1. The van der Waals surface area contributed by atoms with Gasteiger partial charge in [0.25, 0.3) is 5.91 Å². The van der Waals surface area contributed by atoms with Crippen LogP contribution in [0.25, 0.3) is 0 Å². The van der Waals surface area contributed by atoms with Crippen LogP contribution in [0.4, 0.5) is 4.79 Å². The standard InChI is InChI=1S/C17H25BrN2O3/c1-6-13(19-16(22)23-17(2,3)4)14(18)20(5)15(21)12-10-8-7-9-11-12/h7-11,13-14H,6H2,1-5H3,(H,19,22). The van der Waals surface area contributed by atoms with Crippen molar-refractivity contribution in [1.82, 2.24) is 10.2 Å². The van der Waals surface area contributed by atoms with Crippen LogP contribution >= 0.6 is 15.9 Å². The highest BCUT2D eigenvalue weighted by Gasteiger charge is 2.28. The van der Waals surface area contributed by atoms with Gasteiger partial charge in [-0.15, -0.1) is 0 Å². The maximum atomic E-state index is 12.5. The van der Waals surface area contributed by atoms with Gasteiger partial charge in [-0.2, -0.15) is 0 Å². The number of carbonyl (C=O) groups is 2. The Labute approximate surface area is 146 Å². The van der Waals surface area contributed by atoms with Gasteiger partial charge in [-0.3, -0.25) is 4.79 Å². The summed E-state index contributed by atoms with van der Waals surface area (Å²) >= 11 is 3.51. The zero-order valence-electron chi connectivity index (χ0n) is 14.3. The lowest BCUT2D eigenvalue weighted by Gasteiger charge is -2.31. The molecule has 0 heterocycles. The summed E-state index contributed by atoms with van der Waals surface area (Å²) in [6.45, 7) is 7.37. The third kappa shape index (κ3) is 6.22. The van der Waals surface area contributed by atoms with E-state index < -0.39 is 11.7 Å². The van der Waals surface area contributed by atoms with Crippen LogP contribution < -0.4 is 5.32 Å². The Morgan fingerprint density at radius 3 is 2.30 bits per heavy atom. The van der Waals surface area contributed by atoms with E-state index in [9.17, 15) is 9.59 Å². The van der Waals surface area contributed by atoms with E-state index in [1.807, 2.05) is 45.9 Å². The van der Waals surface area contributed by atoms with E-state index in [2.05, 4.69) is 21.2 Å². The van der Waals surface area contributed by atoms with E-state index in [0.29, 0.717) is 12.0 Å². The van der Waals surface area contributed by atoms with Crippen LogP contribution in [-0.4, -0.2) is 40.5 Å². The number of rotatable bonds is 5. The highest BCUT2D eigenvalue weighted by atomic mass is 79.9. The van der Waals surface area contributed by atoms with Gasteiger partial charge < -0.3 is 15.0 Å². The van der Waals surface area contributed by atoms with Crippen molar-refractivity contribution in [3.05, 3.63) is 35.9 Å². The van der Waals surface area contributed by atoms with Crippen LogP contribution in [0.2, 0.25) is 0 Å². The van der Waals surface area contributed by atoms with Crippen molar-refractivity contribution in [1.29, 1.82) is 0 Å². The molecule has 0 aliphatic rings. The molecule has 128 valence electrons. The summed E-state index contributed by atoms with van der Waals surface area (Å²) < 4.78 is 5.27. The summed E-state index contributed by atoms with van der Waals surface area (Å²) in [6.07, 6.45) is 0.163. The first-order chi connectivity index (χ1) is 10.7. The Kier molecular flexibility index (Phi) is 7.06. The first-order valence-corrected chi connectivity index (χ1v) is 8.53. The molecule has 2 unspecified atom stereocenters. The summed E-state index contributed by atoms with van der Waals surface area (Å²) in [4.78, 5) is 25.6. The molecule has 2 atom stereocenters. The van der Waals surface area contributed by atoms with Gasteiger partial charge in [0.1, 0.15) is 10.6 Å². The Bertz CT molecular complexity index is 528. The largest absolute Gasteiger partial charge is 0.444 e. The number of halogens is 1. The van der Waals surface area contributed by atoms with Gasteiger partial charge in [0.15, 0.2) is 0 Å². The maximum absolute atomic E-state index is 12.5. The van der Waals surface area contributed by atoms with E-state index >= 15 is 0 Å². The van der Waals surface area contributed by atoms with Crippen molar-refractivity contribution in [3.63, 3.8) is 0 Å². The Morgan fingerprint density at radius 2 is 1.83 bits per heavy atom. The fourth-order valence-corrected chi connectivity index (χ4v) is 2.68. The second kappa shape index (κ2) is 8.34. The molecule has 1 rings (SSSR count). The average Bonchev–Trinajstić information content (AvgIpc) is 2.49. The Hall–Kier alpha value is -1.56. The van der Waals surface area contributed by atoms with Crippen molar-refractivity contribution in [2.24, 2.45) is 0 Å². The van der Waals surface area contributed by atoms with E-state index in [-0.39, 0.29) is 16.9 Å². The van der Waals surface area contributed by atoms with Crippen LogP contribution in [0.15, 0.2) is 30.3 Å². The van der Waals surface area contributed by atoms with Crippen molar-refractivity contribution in [3.8, 4) is 0 Å². The number of amides is 2. The summed E-state index contributed by atoms with van der Waals surface area (Å²) in [5.74, 6) is -0.114. The number of likely N-dealkylation sites (N-methyl/N-ethyl adjacent to an activating group) is 1. The van der Waals surface area contributed by atoms with Crippen LogP contribution in [0.5, 0.6) is 0 Å². The highest BCUT2D eigenvalue weighted by molar-refractivity contribution is 9.09. The lowest BCUT2D eigenvalue weighted by atomic mass is 10.1. The molecule has 0 aromatic heterocycles. The topological polar surface area (TPSA) is 58.6 Å². The molecule has 0 spiro atoms. The minimum absolute atomic E-state index is 0.114. The van der Waals surface area contributed by atoms with Gasteiger partial charge in [0.2, 0.25) is 0 Å². The maximum Gasteiger partial charge on any atom is 0.407 e. The SMILES string of the molecule is CCC(NC(=O)OC(C)(C)C)C(Br)N(C)C(=O)c1ccccc1. The van der Waals surface area contributed by atoms with Gasteiger partial charge in [-0.05, 0) is 39.3 Å². The molecule has 6 heteroatoms. The molecule has 23 heavy (non-hydrogen) atoms. The normalized spacial score (nSPS) is 13.8. The quantitative estimate of drug-likeness (QED) is 0.620. The molecule has 0 radical (unpaired) electrons. The third-order valence-corrected chi connectivity index (χ3v) is 4.44. The molecule has 0 fully saturated rings. The Morgan fingerprint density at radius 1 is 1.26 bits per heavy atom. The monoisotopic (exact) mass is 384 g/mol. The molecular formula is C17H25BrN2O3. The third-order valence-electron chi connectivity index (χ3n) is 3.19. The van der Waals surface area contributed by atoms with Gasteiger partial charge in [0, 0.05) is 12.6 Å². The van der Waals surface area contributed by atoms with E-state index in [1.165, 1.54) is 0 Å². The number of carbonyl (C=O) groups excluding carboxylic acids is 2. The molecule has 0 bridgehead atoms. The van der Waals surface area contributed by atoms with E-state index in [1.54, 1.807) is 24.1 Å². The first kappa shape index (κ1) is 19.5. The Balaban J connectivity index is 2.73. The van der Waals surface area contributed by atoms with Crippen molar-refractivity contribution < 1.29 is 14.3 Å². The molecule has 0 aliphatic heterocycles. The summed E-state index contributed by atoms with van der Waals surface area (Å²) in [5.41, 5.74) is 0.0437. The summed E-state index contributed by atoms with van der Waals surface area (Å²) in [7, 11) is 1.70. The molecule has 1 aromatic rings. The number of alkyl halides is 1. The molecule has 0 saturated heterocycles. The smallest absolute Gasteiger partial charge is 0.407 e. The van der Waals surface area contributed by atoms with Gasteiger partial charge >= 0.3 is 6.09 Å². The highest BCUT2D eigenvalue weighted by Crippen LogP contribution is 2.17. The van der Waals surface area contributed by atoms with Crippen molar-refractivity contribution in [2.45, 2.75) is 50.7 Å². The minimum Gasteiger partial charge on any atom is -0.444 e. The number of nitrogens with zero attached hydrogens (tertiary/aromatic N) is 1. The second-order valence-electron chi connectivity index (χ2n) is 6.32. The molecule has 5 nitrogen and oxygen atoms in total. The minimum atomic E-state index is -0.560. The van der Waals surface area contributed by atoms with Crippen LogP contribution in [0.3, 0.4) is 0 Å². The first-order valence-electron chi connectivity index (χ1n) is 7.61. The fraction of sp³-hybridized carbons (Fsp3) is 0.529. The van der Waals surface area contributed by atoms with Gasteiger partial charge in [0.05, 0.1) is 6.04 Å². The summed E-state index contributed by atoms with van der Waals surface area (Å²) in [5, 5.41) is 2.81. The molecule has 0 saturated carbocycles. The van der Waals surface area contributed by atoms with Crippen molar-refractivity contribution >= 4 is 27.9 Å². The average molecular weight is 385 g/mol. The van der Waals surface area contributed by atoms with Crippen LogP contribution in [0.1, 0.15) is 44.5 Å². The summed E-state index contributed by atoms with van der Waals surface area (Å²) in [6, 6.07) is 8.77. The zero-order valence-corrected chi connectivity index (χ0v) is 15.9. The second-order valence-corrected chi connectivity index (χ2v) is 7.25. The molecule has 0 aliphatic carbocycles. The molecule has 2 amide bonds. The van der Waals surface area contributed by atoms with Gasteiger partial charge in [-0.1, -0.05) is 41.1 Å². The van der Waals surface area contributed by atoms with E-state index in [0.717, 1.165) is 0 Å². The van der Waals surface area contributed by atoms with E-state index in [4.69, 9.17) is 4.74 Å². The lowest BCUT2D eigenvalue weighted by molar-refractivity contribution is 0.0477. The van der Waals surface area contributed by atoms with Crippen LogP contribution in [0, 0.1) is 0 Å². The molecule has 1 N–H and O–H groups in total.